The summed E-state index contributed by atoms with van der Waals surface area (Å²) in [5.41, 5.74) is 0. The van der Waals surface area contributed by atoms with Crippen LogP contribution in [0, 0.1) is 23.6 Å². The van der Waals surface area contributed by atoms with E-state index < -0.39 is 0 Å². The van der Waals surface area contributed by atoms with Gasteiger partial charge in [-0.3, -0.25) is 0 Å². The average molecular weight is 383 g/mol. The van der Waals surface area contributed by atoms with Crippen molar-refractivity contribution in [3.05, 3.63) is 29.0 Å². The molecule has 4 heteroatoms. The van der Waals surface area contributed by atoms with Crippen LogP contribution in [0.5, 0.6) is 5.75 Å². The molecular formula is C21H32ClFOSi. The van der Waals surface area contributed by atoms with Crippen LogP contribution >= 0.6 is 11.6 Å². The molecule has 1 heterocycles. The van der Waals surface area contributed by atoms with E-state index in [9.17, 15) is 4.39 Å². The topological polar surface area (TPSA) is 9.23 Å². The van der Waals surface area contributed by atoms with E-state index in [2.05, 4.69) is 6.92 Å². The first-order chi connectivity index (χ1) is 12.2. The fraction of sp³-hybridized carbons (Fsp3) is 0.714. The van der Waals surface area contributed by atoms with Crippen molar-refractivity contribution in [2.45, 2.75) is 70.0 Å². The molecule has 1 aliphatic carbocycles. The highest BCUT2D eigenvalue weighted by Crippen LogP contribution is 2.41. The van der Waals surface area contributed by atoms with E-state index >= 15 is 0 Å². The summed E-state index contributed by atoms with van der Waals surface area (Å²) < 4.78 is 19.5. The lowest BCUT2D eigenvalue weighted by Gasteiger charge is -2.37. The molecule has 2 fully saturated rings. The lowest BCUT2D eigenvalue weighted by Crippen LogP contribution is -2.29. The van der Waals surface area contributed by atoms with Crippen molar-refractivity contribution in [1.82, 2.24) is 0 Å². The zero-order chi connectivity index (χ0) is 17.6. The molecule has 140 valence electrons. The lowest BCUT2D eigenvalue weighted by atomic mass is 9.74. The summed E-state index contributed by atoms with van der Waals surface area (Å²) in [6.45, 7) is 2.99. The van der Waals surface area contributed by atoms with Crippen LogP contribution in [0.4, 0.5) is 4.39 Å². The van der Waals surface area contributed by atoms with Gasteiger partial charge in [0, 0.05) is 13.8 Å². The van der Waals surface area contributed by atoms with Gasteiger partial charge in [-0.1, -0.05) is 55.9 Å². The highest BCUT2D eigenvalue weighted by atomic mass is 35.5. The van der Waals surface area contributed by atoms with Crippen LogP contribution in [0.2, 0.25) is 23.2 Å². The number of hydrogen-bond donors (Lipinski definition) is 0. The Morgan fingerprint density at radius 2 is 1.76 bits per heavy atom. The van der Waals surface area contributed by atoms with E-state index in [1.807, 2.05) is 0 Å². The van der Waals surface area contributed by atoms with Crippen LogP contribution in [-0.4, -0.2) is 15.4 Å². The van der Waals surface area contributed by atoms with Crippen LogP contribution in [0.1, 0.15) is 51.9 Å². The average Bonchev–Trinajstić information content (AvgIpc) is 2.62. The van der Waals surface area contributed by atoms with Gasteiger partial charge in [-0.2, -0.15) is 0 Å². The van der Waals surface area contributed by atoms with Crippen molar-refractivity contribution < 1.29 is 9.13 Å². The van der Waals surface area contributed by atoms with Gasteiger partial charge >= 0.3 is 0 Å². The molecule has 0 radical (unpaired) electrons. The minimum Gasteiger partial charge on any atom is -0.490 e. The van der Waals surface area contributed by atoms with Crippen LogP contribution < -0.4 is 4.74 Å². The summed E-state index contributed by atoms with van der Waals surface area (Å²) in [6.07, 6.45) is 9.61. The van der Waals surface area contributed by atoms with Gasteiger partial charge in [-0.15, -0.1) is 0 Å². The fourth-order valence-electron chi connectivity index (χ4n) is 4.98. The molecule has 0 bridgehead atoms. The molecule has 1 nitrogen and oxygen atoms in total. The smallest absolute Gasteiger partial charge is 0.166 e. The van der Waals surface area contributed by atoms with Gasteiger partial charge in [0.2, 0.25) is 0 Å². The van der Waals surface area contributed by atoms with E-state index in [4.69, 9.17) is 16.3 Å². The van der Waals surface area contributed by atoms with Crippen LogP contribution in [-0.2, 0) is 0 Å². The molecule has 0 aromatic heterocycles. The molecule has 2 aliphatic rings. The van der Waals surface area contributed by atoms with Gasteiger partial charge < -0.3 is 4.74 Å². The maximum absolute atomic E-state index is 13.8. The molecule has 1 aliphatic heterocycles. The van der Waals surface area contributed by atoms with Crippen molar-refractivity contribution in [2.24, 2.45) is 17.8 Å². The Morgan fingerprint density at radius 1 is 1.08 bits per heavy atom. The number of halogens is 2. The third kappa shape index (κ3) is 5.46. The Balaban J connectivity index is 1.39. The van der Waals surface area contributed by atoms with Gasteiger partial charge in [-0.05, 0) is 61.6 Å². The second-order valence-electron chi connectivity index (χ2n) is 8.24. The molecular weight excluding hydrogens is 351 g/mol. The summed E-state index contributed by atoms with van der Waals surface area (Å²) in [5.74, 6) is 2.51. The first-order valence-electron chi connectivity index (χ1n) is 10.2. The van der Waals surface area contributed by atoms with E-state index in [1.54, 1.807) is 30.3 Å². The maximum Gasteiger partial charge on any atom is 0.166 e. The molecule has 1 saturated heterocycles. The summed E-state index contributed by atoms with van der Waals surface area (Å²) in [4.78, 5) is 0. The van der Waals surface area contributed by atoms with E-state index in [-0.39, 0.29) is 14.6 Å². The third-order valence-corrected chi connectivity index (χ3v) is 10.4. The van der Waals surface area contributed by atoms with Gasteiger partial charge in [0.1, 0.15) is 0 Å². The Hall–Kier alpha value is -0.543. The highest BCUT2D eigenvalue weighted by molar-refractivity contribution is 6.58. The standard InChI is InChI=1S/C21H32ClFOSi/c1-2-11-25-12-9-18(10-13-25)17-5-3-16(4-6-17)15-24-21-8-7-19(22)14-20(21)23/h7-8,14,16-18,25H,2-6,9-13,15H2,1H3/t16-,17-,18-,25-. The second-order valence-corrected chi connectivity index (χ2v) is 12.1. The van der Waals surface area contributed by atoms with Crippen LogP contribution in [0.25, 0.3) is 0 Å². The first kappa shape index (κ1) is 19.2. The van der Waals surface area contributed by atoms with Crippen LogP contribution in [0.3, 0.4) is 0 Å². The van der Waals surface area contributed by atoms with Crippen molar-refractivity contribution >= 4 is 20.4 Å². The molecule has 1 aromatic rings. The lowest BCUT2D eigenvalue weighted by molar-refractivity contribution is 0.145. The molecule has 25 heavy (non-hydrogen) atoms. The molecule has 0 spiro atoms. The van der Waals surface area contributed by atoms with Gasteiger partial charge in [0.25, 0.3) is 0 Å². The highest BCUT2D eigenvalue weighted by Gasteiger charge is 2.31. The number of benzene rings is 1. The largest absolute Gasteiger partial charge is 0.490 e. The Labute approximate surface area is 158 Å². The second kappa shape index (κ2) is 9.41. The summed E-state index contributed by atoms with van der Waals surface area (Å²) in [5, 5.41) is 0.419. The minimum absolute atomic E-state index is 0.339. The molecule has 0 unspecified atom stereocenters. The maximum atomic E-state index is 13.8. The zero-order valence-electron chi connectivity index (χ0n) is 15.5. The SMILES string of the molecule is CCC[Si@H]1CC[C@H]([C@H]2CC[C@H](COc3ccc(Cl)cc3F)CC2)CC1. The third-order valence-electron chi connectivity index (χ3n) is 6.51. The number of ether oxygens (including phenoxy) is 1. The Kier molecular flexibility index (Phi) is 7.24. The Bertz CT molecular complexity index is 537. The monoisotopic (exact) mass is 382 g/mol. The van der Waals surface area contributed by atoms with Gasteiger partial charge in [0.15, 0.2) is 11.6 Å². The summed E-state index contributed by atoms with van der Waals surface area (Å²) >= 11 is 5.79. The normalized spacial score (nSPS) is 30.2. The predicted molar refractivity (Wildman–Crippen MR) is 107 cm³/mol. The molecule has 1 saturated carbocycles. The molecule has 0 atom stereocenters. The number of rotatable bonds is 6. The van der Waals surface area contributed by atoms with E-state index in [0.29, 0.717) is 23.3 Å². The van der Waals surface area contributed by atoms with Crippen molar-refractivity contribution in [2.75, 3.05) is 6.61 Å². The molecule has 0 N–H and O–H groups in total. The van der Waals surface area contributed by atoms with E-state index in [1.165, 1.54) is 51.0 Å². The molecule has 3 rings (SSSR count). The van der Waals surface area contributed by atoms with Crippen molar-refractivity contribution in [3.63, 3.8) is 0 Å². The Morgan fingerprint density at radius 3 is 2.40 bits per heavy atom. The van der Waals surface area contributed by atoms with Crippen molar-refractivity contribution in [3.8, 4) is 5.75 Å². The molecule has 1 aromatic carbocycles. The predicted octanol–water partition coefficient (Wildman–Crippen LogP) is 6.71. The fourth-order valence-corrected chi connectivity index (χ4v) is 8.62. The zero-order valence-corrected chi connectivity index (χ0v) is 17.4. The summed E-state index contributed by atoms with van der Waals surface area (Å²) in [7, 11) is -0.351. The quantitative estimate of drug-likeness (QED) is 0.496. The van der Waals surface area contributed by atoms with Crippen LogP contribution in [0.15, 0.2) is 18.2 Å². The van der Waals surface area contributed by atoms with Gasteiger partial charge in [-0.25, -0.2) is 4.39 Å². The summed E-state index contributed by atoms with van der Waals surface area (Å²) in [6, 6.07) is 9.41. The minimum atomic E-state index is -0.353. The van der Waals surface area contributed by atoms with Crippen molar-refractivity contribution in [1.29, 1.82) is 0 Å². The first-order valence-corrected chi connectivity index (χ1v) is 13.1. The van der Waals surface area contributed by atoms with E-state index in [0.717, 1.165) is 11.8 Å². The molecule has 0 amide bonds. The number of hydrogen-bond acceptors (Lipinski definition) is 1. The van der Waals surface area contributed by atoms with Gasteiger partial charge in [0.05, 0.1) is 6.61 Å².